The Hall–Kier alpha value is -0.640. The molecule has 0 bridgehead atoms. The van der Waals surface area contributed by atoms with E-state index in [9.17, 15) is 8.78 Å². The van der Waals surface area contributed by atoms with Crippen LogP contribution in [0.3, 0.4) is 0 Å². The van der Waals surface area contributed by atoms with Crippen LogP contribution in [0.5, 0.6) is 5.75 Å². The maximum absolute atomic E-state index is 11.9. The molecule has 1 rings (SSSR count). The number of ether oxygens (including phenoxy) is 1. The Kier molecular flexibility index (Phi) is 4.32. The van der Waals surface area contributed by atoms with Gasteiger partial charge in [0.15, 0.2) is 0 Å². The third-order valence-electron chi connectivity index (χ3n) is 1.88. The zero-order valence-corrected chi connectivity index (χ0v) is 9.30. The van der Waals surface area contributed by atoms with Crippen molar-refractivity contribution in [3.63, 3.8) is 0 Å². The van der Waals surface area contributed by atoms with Crippen LogP contribution in [0.1, 0.15) is 18.4 Å². The fourth-order valence-corrected chi connectivity index (χ4v) is 1.46. The highest BCUT2D eigenvalue weighted by Gasteiger charge is 2.07. The van der Waals surface area contributed by atoms with Gasteiger partial charge in [-0.3, -0.25) is 0 Å². The molecule has 0 radical (unpaired) electrons. The van der Waals surface area contributed by atoms with Crippen molar-refractivity contribution < 1.29 is 13.5 Å². The molecule has 4 heteroatoms. The van der Waals surface area contributed by atoms with E-state index >= 15 is 0 Å². The second kappa shape index (κ2) is 5.29. The molecule has 0 aliphatic carbocycles. The number of rotatable bonds is 4. The van der Waals surface area contributed by atoms with Gasteiger partial charge in [-0.2, -0.15) is 8.78 Å². The lowest BCUT2D eigenvalue weighted by Crippen LogP contribution is -2.03. The van der Waals surface area contributed by atoms with Crippen LogP contribution in [-0.4, -0.2) is 11.9 Å². The largest absolute Gasteiger partial charge is 0.435 e. The van der Waals surface area contributed by atoms with Gasteiger partial charge in [0.05, 0.1) is 0 Å². The lowest BCUT2D eigenvalue weighted by Gasteiger charge is -2.10. The van der Waals surface area contributed by atoms with E-state index in [4.69, 9.17) is 0 Å². The van der Waals surface area contributed by atoms with Crippen LogP contribution in [0.15, 0.2) is 24.3 Å². The molecule has 1 atom stereocenters. The van der Waals surface area contributed by atoms with E-state index in [1.165, 1.54) is 6.07 Å². The summed E-state index contributed by atoms with van der Waals surface area (Å²) in [5.74, 6) is 0.501. The Labute approximate surface area is 90.2 Å². The topological polar surface area (TPSA) is 9.23 Å². The fraction of sp³-hybridized carbons (Fsp3) is 0.400. The SMILES string of the molecule is CC(CBr)c1cccc(OC(F)F)c1. The van der Waals surface area contributed by atoms with Crippen LogP contribution < -0.4 is 4.74 Å². The van der Waals surface area contributed by atoms with Crippen LogP contribution in [-0.2, 0) is 0 Å². The van der Waals surface area contributed by atoms with Crippen molar-refractivity contribution in [2.45, 2.75) is 19.5 Å². The van der Waals surface area contributed by atoms with Gasteiger partial charge in [-0.25, -0.2) is 0 Å². The zero-order valence-electron chi connectivity index (χ0n) is 7.71. The molecule has 0 amide bonds. The summed E-state index contributed by atoms with van der Waals surface area (Å²) in [6.07, 6.45) is 0. The molecule has 0 aliphatic heterocycles. The molecule has 0 heterocycles. The number of hydrogen-bond acceptors (Lipinski definition) is 1. The first-order valence-corrected chi connectivity index (χ1v) is 5.36. The summed E-state index contributed by atoms with van der Waals surface area (Å²) >= 11 is 3.34. The van der Waals surface area contributed by atoms with Gasteiger partial charge in [0.25, 0.3) is 0 Å². The van der Waals surface area contributed by atoms with Crippen molar-refractivity contribution in [2.75, 3.05) is 5.33 Å². The second-order valence-electron chi connectivity index (χ2n) is 3.01. The van der Waals surface area contributed by atoms with E-state index < -0.39 is 6.61 Å². The molecule has 1 unspecified atom stereocenters. The van der Waals surface area contributed by atoms with Gasteiger partial charge >= 0.3 is 6.61 Å². The molecular weight excluding hydrogens is 254 g/mol. The Morgan fingerprint density at radius 1 is 1.43 bits per heavy atom. The third kappa shape index (κ3) is 3.25. The molecule has 78 valence electrons. The zero-order chi connectivity index (χ0) is 10.6. The van der Waals surface area contributed by atoms with Crippen LogP contribution in [0.2, 0.25) is 0 Å². The number of hydrogen-bond donors (Lipinski definition) is 0. The van der Waals surface area contributed by atoms with Gasteiger partial charge in [0.1, 0.15) is 5.75 Å². The third-order valence-corrected chi connectivity index (χ3v) is 2.85. The molecule has 0 saturated heterocycles. The summed E-state index contributed by atoms with van der Waals surface area (Å²) in [5, 5.41) is 0.797. The van der Waals surface area contributed by atoms with Gasteiger partial charge < -0.3 is 4.74 Å². The van der Waals surface area contributed by atoms with E-state index in [1.54, 1.807) is 12.1 Å². The summed E-state index contributed by atoms with van der Waals surface area (Å²) in [6, 6.07) is 6.77. The van der Waals surface area contributed by atoms with Gasteiger partial charge in [0.2, 0.25) is 0 Å². The predicted molar refractivity (Wildman–Crippen MR) is 55.3 cm³/mol. The first-order chi connectivity index (χ1) is 6.63. The highest BCUT2D eigenvalue weighted by atomic mass is 79.9. The molecule has 1 nitrogen and oxygen atoms in total. The average molecular weight is 265 g/mol. The van der Waals surface area contributed by atoms with E-state index in [-0.39, 0.29) is 11.7 Å². The highest BCUT2D eigenvalue weighted by molar-refractivity contribution is 9.09. The predicted octanol–water partition coefficient (Wildman–Crippen LogP) is 3.79. The van der Waals surface area contributed by atoms with Crippen LogP contribution in [0.4, 0.5) is 8.78 Å². The molecule has 1 aromatic rings. The Balaban J connectivity index is 2.78. The highest BCUT2D eigenvalue weighted by Crippen LogP contribution is 2.23. The summed E-state index contributed by atoms with van der Waals surface area (Å²) in [7, 11) is 0. The molecular formula is C10H11BrF2O. The minimum absolute atomic E-state index is 0.213. The van der Waals surface area contributed by atoms with Crippen LogP contribution in [0.25, 0.3) is 0 Å². The molecule has 0 N–H and O–H groups in total. The molecule has 0 fully saturated rings. The summed E-state index contributed by atoms with van der Waals surface area (Å²) in [4.78, 5) is 0. The molecule has 1 aromatic carbocycles. The van der Waals surface area contributed by atoms with E-state index in [0.717, 1.165) is 10.9 Å². The van der Waals surface area contributed by atoms with Crippen molar-refractivity contribution in [3.05, 3.63) is 29.8 Å². The fourth-order valence-electron chi connectivity index (χ4n) is 1.09. The summed E-state index contributed by atoms with van der Waals surface area (Å²) < 4.78 is 28.1. The number of benzene rings is 1. The average Bonchev–Trinajstić information content (AvgIpc) is 2.16. The molecule has 0 saturated carbocycles. The van der Waals surface area contributed by atoms with Crippen molar-refractivity contribution in [1.82, 2.24) is 0 Å². The molecule has 0 aliphatic rings. The first-order valence-electron chi connectivity index (χ1n) is 4.24. The van der Waals surface area contributed by atoms with Crippen molar-refractivity contribution in [3.8, 4) is 5.75 Å². The summed E-state index contributed by atoms with van der Waals surface area (Å²) in [6.45, 7) is -0.750. The second-order valence-corrected chi connectivity index (χ2v) is 3.65. The lowest BCUT2D eigenvalue weighted by atomic mass is 10.0. The van der Waals surface area contributed by atoms with Crippen molar-refractivity contribution in [1.29, 1.82) is 0 Å². The van der Waals surface area contributed by atoms with E-state index in [2.05, 4.69) is 20.7 Å². The Bertz CT molecular complexity index is 291. The van der Waals surface area contributed by atoms with Gasteiger partial charge in [-0.05, 0) is 23.6 Å². The van der Waals surface area contributed by atoms with Crippen molar-refractivity contribution in [2.24, 2.45) is 0 Å². The molecule has 0 spiro atoms. The Morgan fingerprint density at radius 2 is 2.14 bits per heavy atom. The normalized spacial score (nSPS) is 12.9. The molecule has 14 heavy (non-hydrogen) atoms. The minimum Gasteiger partial charge on any atom is -0.435 e. The maximum Gasteiger partial charge on any atom is 0.387 e. The van der Waals surface area contributed by atoms with E-state index in [1.807, 2.05) is 13.0 Å². The lowest BCUT2D eigenvalue weighted by molar-refractivity contribution is -0.0498. The smallest absolute Gasteiger partial charge is 0.387 e. The summed E-state index contributed by atoms with van der Waals surface area (Å²) in [5.41, 5.74) is 0.986. The minimum atomic E-state index is -2.76. The van der Waals surface area contributed by atoms with Crippen LogP contribution >= 0.6 is 15.9 Å². The van der Waals surface area contributed by atoms with Gasteiger partial charge in [0, 0.05) is 5.33 Å². The number of alkyl halides is 3. The van der Waals surface area contributed by atoms with Gasteiger partial charge in [-0.15, -0.1) is 0 Å². The Morgan fingerprint density at radius 3 is 2.71 bits per heavy atom. The van der Waals surface area contributed by atoms with Crippen LogP contribution in [0, 0.1) is 0 Å². The van der Waals surface area contributed by atoms with Gasteiger partial charge in [-0.1, -0.05) is 35.0 Å². The molecule has 0 aromatic heterocycles. The van der Waals surface area contributed by atoms with Crippen molar-refractivity contribution >= 4 is 15.9 Å². The van der Waals surface area contributed by atoms with E-state index in [0.29, 0.717) is 0 Å². The maximum atomic E-state index is 11.9. The standard InChI is InChI=1S/C10H11BrF2O/c1-7(6-11)8-3-2-4-9(5-8)14-10(12)13/h2-5,7,10H,6H2,1H3. The first kappa shape index (κ1) is 11.4. The quantitative estimate of drug-likeness (QED) is 0.752. The monoisotopic (exact) mass is 264 g/mol. The number of halogens is 3.